The minimum Gasteiger partial charge on any atom is -0.291 e. The molecule has 0 radical (unpaired) electrons. The van der Waals surface area contributed by atoms with Gasteiger partial charge in [0.2, 0.25) is 11.7 Å². The van der Waals surface area contributed by atoms with E-state index in [1.807, 2.05) is 36.4 Å². The number of nitrogens with zero attached hydrogens (tertiary/aromatic N) is 4. The minimum absolute atomic E-state index is 0.148. The highest BCUT2D eigenvalue weighted by molar-refractivity contribution is 6.49. The fourth-order valence-electron chi connectivity index (χ4n) is 2.31. The third kappa shape index (κ3) is 2.94. The SMILES string of the molecule is CC(=O)C1=NN(c2ccccc2)C(C(C)=O)=NN1c1ccccc1. The van der Waals surface area contributed by atoms with Gasteiger partial charge in [0.1, 0.15) is 0 Å². The number of amidine groups is 2. The second-order valence-corrected chi connectivity index (χ2v) is 5.25. The number of ketones is 2. The highest BCUT2D eigenvalue weighted by Gasteiger charge is 2.30. The number of rotatable bonds is 4. The summed E-state index contributed by atoms with van der Waals surface area (Å²) in [5.74, 6) is -0.192. The third-order valence-corrected chi connectivity index (χ3v) is 3.42. The van der Waals surface area contributed by atoms with Crippen molar-refractivity contribution in [2.45, 2.75) is 13.8 Å². The molecule has 1 aliphatic heterocycles. The van der Waals surface area contributed by atoms with Gasteiger partial charge in [-0.15, -0.1) is 10.2 Å². The zero-order valence-electron chi connectivity index (χ0n) is 13.4. The van der Waals surface area contributed by atoms with Crippen LogP contribution < -0.4 is 10.0 Å². The fourth-order valence-corrected chi connectivity index (χ4v) is 2.31. The molecule has 0 saturated carbocycles. The molecular weight excluding hydrogens is 304 g/mol. The van der Waals surface area contributed by atoms with Crippen LogP contribution in [-0.2, 0) is 9.59 Å². The van der Waals surface area contributed by atoms with E-state index in [1.54, 1.807) is 24.3 Å². The number of benzene rings is 2. The average molecular weight is 320 g/mol. The van der Waals surface area contributed by atoms with E-state index < -0.39 is 0 Å². The molecule has 0 aromatic heterocycles. The van der Waals surface area contributed by atoms with Crippen LogP contribution in [0.2, 0.25) is 0 Å². The van der Waals surface area contributed by atoms with Crippen molar-refractivity contribution in [2.24, 2.45) is 10.2 Å². The molecule has 0 unspecified atom stereocenters. The van der Waals surface area contributed by atoms with Gasteiger partial charge in [-0.05, 0) is 24.3 Å². The first-order chi connectivity index (χ1) is 11.6. The average Bonchev–Trinajstić information content (AvgIpc) is 2.62. The van der Waals surface area contributed by atoms with Crippen molar-refractivity contribution in [3.63, 3.8) is 0 Å². The lowest BCUT2D eigenvalue weighted by Crippen LogP contribution is -2.45. The van der Waals surface area contributed by atoms with Crippen LogP contribution >= 0.6 is 0 Å². The Kier molecular flexibility index (Phi) is 4.20. The molecule has 0 aliphatic carbocycles. The molecule has 24 heavy (non-hydrogen) atoms. The lowest BCUT2D eigenvalue weighted by molar-refractivity contribution is -0.112. The molecule has 1 aliphatic rings. The molecule has 120 valence electrons. The molecule has 6 heteroatoms. The van der Waals surface area contributed by atoms with Crippen LogP contribution in [0.25, 0.3) is 0 Å². The van der Waals surface area contributed by atoms with Crippen molar-refractivity contribution >= 4 is 34.6 Å². The second-order valence-electron chi connectivity index (χ2n) is 5.25. The summed E-state index contributed by atoms with van der Waals surface area (Å²) in [7, 11) is 0. The topological polar surface area (TPSA) is 65.3 Å². The van der Waals surface area contributed by atoms with Crippen molar-refractivity contribution in [1.82, 2.24) is 0 Å². The maximum atomic E-state index is 12.1. The van der Waals surface area contributed by atoms with Gasteiger partial charge in [-0.3, -0.25) is 9.59 Å². The smallest absolute Gasteiger partial charge is 0.217 e. The number of Topliss-reactive ketones (excluding diaryl/α,β-unsaturated/α-hetero) is 2. The molecule has 2 aromatic carbocycles. The number of hydrogen-bond acceptors (Lipinski definition) is 6. The highest BCUT2D eigenvalue weighted by atomic mass is 16.1. The Morgan fingerprint density at radius 1 is 0.667 bits per heavy atom. The van der Waals surface area contributed by atoms with E-state index in [4.69, 9.17) is 0 Å². The van der Waals surface area contributed by atoms with Gasteiger partial charge in [0.25, 0.3) is 0 Å². The van der Waals surface area contributed by atoms with E-state index in [2.05, 4.69) is 10.2 Å². The van der Waals surface area contributed by atoms with E-state index in [0.29, 0.717) is 11.4 Å². The predicted octanol–water partition coefficient (Wildman–Crippen LogP) is 2.82. The van der Waals surface area contributed by atoms with E-state index >= 15 is 0 Å². The molecule has 0 fully saturated rings. The quantitative estimate of drug-likeness (QED) is 0.869. The van der Waals surface area contributed by atoms with Crippen molar-refractivity contribution in [3.05, 3.63) is 60.7 Å². The Labute approximate surface area is 139 Å². The molecule has 0 N–H and O–H groups in total. The third-order valence-electron chi connectivity index (χ3n) is 3.42. The molecule has 2 aromatic rings. The number of hydrazone groups is 2. The first kappa shape index (κ1) is 15.6. The van der Waals surface area contributed by atoms with E-state index in [-0.39, 0.29) is 23.2 Å². The minimum atomic E-state index is -0.244. The van der Waals surface area contributed by atoms with Crippen molar-refractivity contribution in [1.29, 1.82) is 0 Å². The molecule has 6 nitrogen and oxygen atoms in total. The van der Waals surface area contributed by atoms with Gasteiger partial charge in [0.15, 0.2) is 11.6 Å². The molecule has 0 saturated heterocycles. The standard InChI is InChI=1S/C18H16N4O2/c1-13(23)17-19-22(16-11-7-4-8-12-16)18(14(2)24)20-21(17)15-9-5-3-6-10-15/h3-12H,1-2H3. The van der Waals surface area contributed by atoms with E-state index in [0.717, 1.165) is 0 Å². The lowest BCUT2D eigenvalue weighted by Gasteiger charge is -2.30. The van der Waals surface area contributed by atoms with Crippen LogP contribution in [-0.4, -0.2) is 23.2 Å². The van der Waals surface area contributed by atoms with Crippen LogP contribution in [0, 0.1) is 0 Å². The molecule has 0 atom stereocenters. The summed E-state index contributed by atoms with van der Waals surface area (Å²) in [6.07, 6.45) is 0. The summed E-state index contributed by atoms with van der Waals surface area (Å²) in [6.45, 7) is 2.85. The summed E-state index contributed by atoms with van der Waals surface area (Å²) in [5.41, 5.74) is 1.33. The van der Waals surface area contributed by atoms with Gasteiger partial charge in [0, 0.05) is 13.8 Å². The van der Waals surface area contributed by atoms with Crippen molar-refractivity contribution < 1.29 is 9.59 Å². The Bertz CT molecular complexity index is 757. The van der Waals surface area contributed by atoms with Crippen LogP contribution in [0.3, 0.4) is 0 Å². The van der Waals surface area contributed by atoms with Gasteiger partial charge < -0.3 is 0 Å². The molecule has 3 rings (SSSR count). The summed E-state index contributed by atoms with van der Waals surface area (Å²) in [6, 6.07) is 18.3. The first-order valence-corrected chi connectivity index (χ1v) is 7.47. The van der Waals surface area contributed by atoms with Gasteiger partial charge in [-0.2, -0.15) is 0 Å². The zero-order chi connectivity index (χ0) is 17.1. The summed E-state index contributed by atoms with van der Waals surface area (Å²) >= 11 is 0. The van der Waals surface area contributed by atoms with Gasteiger partial charge >= 0.3 is 0 Å². The number of para-hydroxylation sites is 2. The normalized spacial score (nSPS) is 14.1. The van der Waals surface area contributed by atoms with Crippen molar-refractivity contribution in [3.8, 4) is 0 Å². The first-order valence-electron chi connectivity index (χ1n) is 7.47. The number of hydrogen-bond donors (Lipinski definition) is 0. The maximum absolute atomic E-state index is 12.1. The van der Waals surface area contributed by atoms with Gasteiger partial charge in [0.05, 0.1) is 11.4 Å². The summed E-state index contributed by atoms with van der Waals surface area (Å²) in [5, 5.41) is 11.6. The Balaban J connectivity index is 2.13. The van der Waals surface area contributed by atoms with Crippen LogP contribution in [0.4, 0.5) is 11.4 Å². The molecule has 1 heterocycles. The largest absolute Gasteiger partial charge is 0.291 e. The van der Waals surface area contributed by atoms with E-state index in [1.165, 1.54) is 23.9 Å². The zero-order valence-corrected chi connectivity index (χ0v) is 13.4. The number of anilines is 2. The van der Waals surface area contributed by atoms with Crippen LogP contribution in [0.1, 0.15) is 13.8 Å². The Hall–Kier alpha value is -3.28. The molecule has 0 amide bonds. The molecule has 0 spiro atoms. The molecule has 0 bridgehead atoms. The Morgan fingerprint density at radius 3 is 1.29 bits per heavy atom. The summed E-state index contributed by atoms with van der Waals surface area (Å²) in [4.78, 5) is 24.2. The van der Waals surface area contributed by atoms with Crippen LogP contribution in [0.15, 0.2) is 70.9 Å². The molecular formula is C18H16N4O2. The fraction of sp³-hybridized carbons (Fsp3) is 0.111. The van der Waals surface area contributed by atoms with Gasteiger partial charge in [-0.25, -0.2) is 10.0 Å². The second kappa shape index (κ2) is 6.45. The number of carbonyl (C=O) groups excluding carboxylic acids is 2. The van der Waals surface area contributed by atoms with E-state index in [9.17, 15) is 9.59 Å². The van der Waals surface area contributed by atoms with Crippen molar-refractivity contribution in [2.75, 3.05) is 10.0 Å². The van der Waals surface area contributed by atoms with Gasteiger partial charge in [-0.1, -0.05) is 36.4 Å². The Morgan fingerprint density at radius 2 is 1.00 bits per heavy atom. The maximum Gasteiger partial charge on any atom is 0.217 e. The summed E-state index contributed by atoms with van der Waals surface area (Å²) < 4.78 is 0. The monoisotopic (exact) mass is 320 g/mol. The highest BCUT2D eigenvalue weighted by Crippen LogP contribution is 2.23. The van der Waals surface area contributed by atoms with Crippen LogP contribution in [0.5, 0.6) is 0 Å². The predicted molar refractivity (Wildman–Crippen MR) is 94.1 cm³/mol. The lowest BCUT2D eigenvalue weighted by atomic mass is 10.2. The number of carbonyl (C=O) groups is 2.